The molecule has 1 amide bonds. The van der Waals surface area contributed by atoms with Crippen LogP contribution in [-0.2, 0) is 9.59 Å². The number of carboxylic acid groups (broad SMARTS) is 1. The molecule has 1 aliphatic heterocycles. The fourth-order valence-electron chi connectivity index (χ4n) is 2.49. The molecule has 1 aliphatic rings. The lowest BCUT2D eigenvalue weighted by atomic mass is 10.1. The maximum Gasteiger partial charge on any atom is 0.323 e. The quantitative estimate of drug-likeness (QED) is 0.868. The molecule has 0 radical (unpaired) electrons. The zero-order chi connectivity index (χ0) is 17.0. The monoisotopic (exact) mass is 319 g/mol. The Morgan fingerprint density at radius 2 is 2.13 bits per heavy atom. The minimum Gasteiger partial charge on any atom is -0.493 e. The molecule has 1 aromatic rings. The number of aliphatic carboxylic acids is 1. The van der Waals surface area contributed by atoms with Gasteiger partial charge in [-0.1, -0.05) is 26.0 Å². The molecule has 6 heteroatoms. The first-order valence-corrected chi connectivity index (χ1v) is 7.43. The van der Waals surface area contributed by atoms with Gasteiger partial charge in [0, 0.05) is 12.1 Å². The molecule has 124 valence electrons. The topological polar surface area (TPSA) is 76.1 Å². The van der Waals surface area contributed by atoms with Gasteiger partial charge < -0.3 is 19.5 Å². The number of hydrogen-bond acceptors (Lipinski definition) is 4. The number of benzene rings is 1. The van der Waals surface area contributed by atoms with E-state index < -0.39 is 5.97 Å². The van der Waals surface area contributed by atoms with Crippen LogP contribution in [0.3, 0.4) is 0 Å². The molecular formula is C17H21NO5. The zero-order valence-electron chi connectivity index (χ0n) is 13.5. The molecule has 2 rings (SSSR count). The fourth-order valence-corrected chi connectivity index (χ4v) is 2.49. The largest absolute Gasteiger partial charge is 0.493 e. The van der Waals surface area contributed by atoms with Crippen molar-refractivity contribution in [2.24, 2.45) is 5.92 Å². The van der Waals surface area contributed by atoms with E-state index in [1.807, 2.05) is 26.0 Å². The molecular weight excluding hydrogens is 298 g/mol. The van der Waals surface area contributed by atoms with Crippen molar-refractivity contribution in [3.8, 4) is 11.5 Å². The van der Waals surface area contributed by atoms with Crippen LogP contribution < -0.4 is 9.47 Å². The fraction of sp³-hybridized carbons (Fsp3) is 0.412. The summed E-state index contributed by atoms with van der Waals surface area (Å²) in [4.78, 5) is 25.0. The molecule has 0 aliphatic carbocycles. The molecule has 1 heterocycles. The number of methoxy groups -OCH3 is 1. The Morgan fingerprint density at radius 1 is 1.39 bits per heavy atom. The summed E-state index contributed by atoms with van der Waals surface area (Å²) in [6, 6.07) is 5.43. The van der Waals surface area contributed by atoms with E-state index in [9.17, 15) is 9.59 Å². The van der Waals surface area contributed by atoms with Crippen molar-refractivity contribution in [3.05, 3.63) is 29.3 Å². The first-order valence-electron chi connectivity index (χ1n) is 7.43. The summed E-state index contributed by atoms with van der Waals surface area (Å²) in [6.07, 6.45) is 1.73. The highest BCUT2D eigenvalue weighted by Crippen LogP contribution is 2.35. The number of amides is 1. The smallest absolute Gasteiger partial charge is 0.323 e. The van der Waals surface area contributed by atoms with E-state index in [1.54, 1.807) is 19.3 Å². The molecule has 6 nitrogen and oxygen atoms in total. The summed E-state index contributed by atoms with van der Waals surface area (Å²) in [5, 5.41) is 9.01. The normalized spacial score (nSPS) is 13.0. The molecule has 0 saturated heterocycles. The second-order valence-corrected chi connectivity index (χ2v) is 5.81. The number of nitrogens with zero attached hydrogens (tertiary/aromatic N) is 1. The van der Waals surface area contributed by atoms with Crippen LogP contribution in [0.1, 0.15) is 19.4 Å². The number of para-hydroxylation sites is 1. The predicted molar refractivity (Wildman–Crippen MR) is 85.5 cm³/mol. The van der Waals surface area contributed by atoms with Crippen molar-refractivity contribution in [1.29, 1.82) is 0 Å². The number of hydrogen-bond donors (Lipinski definition) is 1. The number of ether oxygens (including phenoxy) is 2. The van der Waals surface area contributed by atoms with Crippen LogP contribution >= 0.6 is 0 Å². The molecule has 0 spiro atoms. The van der Waals surface area contributed by atoms with Crippen molar-refractivity contribution < 1.29 is 24.2 Å². The molecule has 0 bridgehead atoms. The minimum absolute atomic E-state index is 0.0976. The van der Waals surface area contributed by atoms with Gasteiger partial charge >= 0.3 is 5.97 Å². The van der Waals surface area contributed by atoms with E-state index in [4.69, 9.17) is 14.6 Å². The van der Waals surface area contributed by atoms with Gasteiger partial charge in [-0.25, -0.2) is 0 Å². The van der Waals surface area contributed by atoms with E-state index in [-0.39, 0.29) is 25.0 Å². The van der Waals surface area contributed by atoms with Crippen LogP contribution in [-0.4, -0.2) is 48.7 Å². The van der Waals surface area contributed by atoms with Gasteiger partial charge in [-0.05, 0) is 18.1 Å². The highest BCUT2D eigenvalue weighted by atomic mass is 16.5. The molecule has 23 heavy (non-hydrogen) atoms. The summed E-state index contributed by atoms with van der Waals surface area (Å²) in [7, 11) is 1.56. The summed E-state index contributed by atoms with van der Waals surface area (Å²) in [6.45, 7) is 4.04. The Kier molecular flexibility index (Phi) is 5.26. The number of carbonyl (C=O) groups excluding carboxylic acids is 1. The molecule has 0 unspecified atom stereocenters. The molecule has 0 saturated carbocycles. The predicted octanol–water partition coefficient (Wildman–Crippen LogP) is 2.04. The second-order valence-electron chi connectivity index (χ2n) is 5.81. The number of carbonyl (C=O) groups is 2. The average molecular weight is 319 g/mol. The highest BCUT2D eigenvalue weighted by Gasteiger charge is 2.25. The molecule has 0 atom stereocenters. The van der Waals surface area contributed by atoms with Gasteiger partial charge in [-0.3, -0.25) is 9.59 Å². The van der Waals surface area contributed by atoms with Gasteiger partial charge in [-0.2, -0.15) is 0 Å². The minimum atomic E-state index is -1.03. The van der Waals surface area contributed by atoms with Crippen LogP contribution in [0, 0.1) is 5.92 Å². The lowest BCUT2D eigenvalue weighted by Gasteiger charge is -2.26. The molecule has 1 N–H and O–H groups in total. The van der Waals surface area contributed by atoms with Crippen LogP contribution in [0.15, 0.2) is 23.8 Å². The van der Waals surface area contributed by atoms with Gasteiger partial charge in [-0.15, -0.1) is 0 Å². The maximum atomic E-state index is 12.6. The third-order valence-electron chi connectivity index (χ3n) is 3.40. The lowest BCUT2D eigenvalue weighted by molar-refractivity contribution is -0.143. The Morgan fingerprint density at radius 3 is 2.74 bits per heavy atom. The van der Waals surface area contributed by atoms with Gasteiger partial charge in [0.25, 0.3) is 5.91 Å². The molecule has 0 aromatic heterocycles. The summed E-state index contributed by atoms with van der Waals surface area (Å²) < 4.78 is 10.9. The van der Waals surface area contributed by atoms with E-state index in [0.29, 0.717) is 23.6 Å². The Bertz CT molecular complexity index is 636. The maximum absolute atomic E-state index is 12.6. The number of rotatable bonds is 6. The van der Waals surface area contributed by atoms with Gasteiger partial charge in [0.1, 0.15) is 13.2 Å². The Balaban J connectivity index is 2.27. The molecule has 1 aromatic carbocycles. The van der Waals surface area contributed by atoms with Crippen LogP contribution in [0.2, 0.25) is 0 Å². The van der Waals surface area contributed by atoms with Gasteiger partial charge in [0.2, 0.25) is 0 Å². The molecule has 0 fully saturated rings. The van der Waals surface area contributed by atoms with E-state index in [0.717, 1.165) is 5.56 Å². The van der Waals surface area contributed by atoms with E-state index in [2.05, 4.69) is 0 Å². The third-order valence-corrected chi connectivity index (χ3v) is 3.40. The van der Waals surface area contributed by atoms with E-state index >= 15 is 0 Å². The standard InChI is InChI=1S/C17H21NO5/c1-11(2)8-18(9-15(19)20)17(21)13-7-12-5-4-6-14(22-3)16(12)23-10-13/h4-7,11H,8-10H2,1-3H3,(H,19,20). The van der Waals surface area contributed by atoms with Crippen molar-refractivity contribution in [1.82, 2.24) is 4.90 Å². The summed E-state index contributed by atoms with van der Waals surface area (Å²) in [5.74, 6) is 0.0405. The average Bonchev–Trinajstić information content (AvgIpc) is 2.51. The summed E-state index contributed by atoms with van der Waals surface area (Å²) in [5.41, 5.74) is 1.19. The number of fused-ring (bicyclic) bond motifs is 1. The highest BCUT2D eigenvalue weighted by molar-refractivity contribution is 6.00. The van der Waals surface area contributed by atoms with E-state index in [1.165, 1.54) is 4.90 Å². The second kappa shape index (κ2) is 7.17. The van der Waals surface area contributed by atoms with Crippen LogP contribution in [0.25, 0.3) is 6.08 Å². The first-order chi connectivity index (χ1) is 10.9. The SMILES string of the molecule is COc1cccc2c1OCC(C(=O)N(CC(=O)O)CC(C)C)=C2. The lowest BCUT2D eigenvalue weighted by Crippen LogP contribution is -2.40. The number of carboxylic acids is 1. The van der Waals surface area contributed by atoms with Crippen molar-refractivity contribution in [2.45, 2.75) is 13.8 Å². The zero-order valence-corrected chi connectivity index (χ0v) is 13.5. The van der Waals surface area contributed by atoms with Crippen molar-refractivity contribution in [3.63, 3.8) is 0 Å². The van der Waals surface area contributed by atoms with Gasteiger partial charge in [0.05, 0.1) is 12.7 Å². The van der Waals surface area contributed by atoms with Crippen LogP contribution in [0.5, 0.6) is 11.5 Å². The van der Waals surface area contributed by atoms with Gasteiger partial charge in [0.15, 0.2) is 11.5 Å². The Labute approximate surface area is 135 Å². The van der Waals surface area contributed by atoms with Crippen molar-refractivity contribution >= 4 is 18.0 Å². The van der Waals surface area contributed by atoms with Crippen molar-refractivity contribution in [2.75, 3.05) is 26.8 Å². The Hall–Kier alpha value is -2.50. The third kappa shape index (κ3) is 4.03. The van der Waals surface area contributed by atoms with Crippen LogP contribution in [0.4, 0.5) is 0 Å². The first kappa shape index (κ1) is 16.9. The summed E-state index contributed by atoms with van der Waals surface area (Å²) >= 11 is 0.